The van der Waals surface area contributed by atoms with Crippen LogP contribution in [0, 0.1) is 0 Å². The van der Waals surface area contributed by atoms with Gasteiger partial charge in [0, 0.05) is 25.3 Å². The second-order valence-electron chi connectivity index (χ2n) is 7.08. The molecule has 0 bridgehead atoms. The number of hydrogen-bond donors (Lipinski definition) is 0. The molecule has 0 saturated carbocycles. The third-order valence-electron chi connectivity index (χ3n) is 4.08. The van der Waals surface area contributed by atoms with Crippen LogP contribution in [0.5, 0.6) is 5.75 Å². The van der Waals surface area contributed by atoms with Crippen LogP contribution in [0.2, 0.25) is 0 Å². The van der Waals surface area contributed by atoms with E-state index in [4.69, 9.17) is 9.47 Å². The van der Waals surface area contributed by atoms with Gasteiger partial charge in [-0.1, -0.05) is 0 Å². The number of ether oxygens (including phenoxy) is 2. The number of anilines is 1. The maximum absolute atomic E-state index is 12.3. The van der Waals surface area contributed by atoms with Crippen molar-refractivity contribution >= 4 is 17.8 Å². The van der Waals surface area contributed by atoms with Gasteiger partial charge in [-0.2, -0.15) is 0 Å². The predicted octanol–water partition coefficient (Wildman–Crippen LogP) is 2.21. The van der Waals surface area contributed by atoms with E-state index in [1.807, 2.05) is 26.8 Å². The summed E-state index contributed by atoms with van der Waals surface area (Å²) in [5, 5.41) is 0. The molecule has 0 aromatic carbocycles. The number of fused-ring (bicyclic) bond motifs is 1. The molecule has 3 rings (SSSR count). The molecule has 1 fully saturated rings. The first-order valence-corrected chi connectivity index (χ1v) is 8.23. The Bertz CT molecular complexity index is 633. The molecule has 0 aliphatic carbocycles. The Morgan fingerprint density at radius 1 is 1.33 bits per heavy atom. The molecule has 2 amide bonds. The highest BCUT2D eigenvalue weighted by molar-refractivity contribution is 5.97. The van der Waals surface area contributed by atoms with E-state index in [2.05, 4.69) is 4.98 Å². The number of carbonyl (C=O) groups is 2. The van der Waals surface area contributed by atoms with Crippen LogP contribution in [0.1, 0.15) is 33.6 Å². The Hall–Kier alpha value is -2.31. The summed E-state index contributed by atoms with van der Waals surface area (Å²) < 4.78 is 10.8. The van der Waals surface area contributed by atoms with Crippen molar-refractivity contribution in [3.8, 4) is 5.75 Å². The molecule has 2 aliphatic heterocycles. The highest BCUT2D eigenvalue weighted by Gasteiger charge is 2.36. The first-order chi connectivity index (χ1) is 11.3. The number of pyridine rings is 1. The number of carbonyl (C=O) groups excluding carboxylic acids is 2. The molecule has 1 aromatic rings. The quantitative estimate of drug-likeness (QED) is 0.788. The standard InChI is InChI=1S/C17H23N3O4/c1-17(2,3)24-16(22)19-9-6-12(7-10-19)20-14(21)11-23-13-5-4-8-18-15(13)20/h4-5,8,12H,6-7,9-11H2,1-3H3. The lowest BCUT2D eigenvalue weighted by molar-refractivity contribution is -0.122. The van der Waals surface area contributed by atoms with E-state index in [-0.39, 0.29) is 24.6 Å². The zero-order valence-electron chi connectivity index (χ0n) is 14.3. The van der Waals surface area contributed by atoms with Gasteiger partial charge in [0.05, 0.1) is 0 Å². The fraction of sp³-hybridized carbons (Fsp3) is 0.588. The molecule has 7 heteroatoms. The molecule has 2 aliphatic rings. The lowest BCUT2D eigenvalue weighted by atomic mass is 10.0. The number of hydrogen-bond acceptors (Lipinski definition) is 5. The molecule has 0 unspecified atom stereocenters. The van der Waals surface area contributed by atoms with Crippen molar-refractivity contribution < 1.29 is 19.1 Å². The van der Waals surface area contributed by atoms with Gasteiger partial charge in [-0.25, -0.2) is 9.78 Å². The van der Waals surface area contributed by atoms with Crippen LogP contribution in [-0.2, 0) is 9.53 Å². The predicted molar refractivity (Wildman–Crippen MR) is 88.0 cm³/mol. The van der Waals surface area contributed by atoms with E-state index >= 15 is 0 Å². The van der Waals surface area contributed by atoms with Gasteiger partial charge in [0.1, 0.15) is 5.60 Å². The van der Waals surface area contributed by atoms with Crippen LogP contribution >= 0.6 is 0 Å². The molecular weight excluding hydrogens is 310 g/mol. The number of aromatic nitrogens is 1. The monoisotopic (exact) mass is 333 g/mol. The topological polar surface area (TPSA) is 72.0 Å². The second kappa shape index (κ2) is 6.30. The first-order valence-electron chi connectivity index (χ1n) is 8.23. The maximum atomic E-state index is 12.3. The maximum Gasteiger partial charge on any atom is 0.410 e. The Balaban J connectivity index is 1.67. The van der Waals surface area contributed by atoms with E-state index in [1.54, 1.807) is 22.1 Å². The zero-order chi connectivity index (χ0) is 17.3. The third-order valence-corrected chi connectivity index (χ3v) is 4.08. The van der Waals surface area contributed by atoms with Gasteiger partial charge in [-0.3, -0.25) is 9.69 Å². The molecule has 0 atom stereocenters. The molecule has 7 nitrogen and oxygen atoms in total. The smallest absolute Gasteiger partial charge is 0.410 e. The molecule has 130 valence electrons. The molecule has 0 N–H and O–H groups in total. The fourth-order valence-electron chi connectivity index (χ4n) is 3.01. The van der Waals surface area contributed by atoms with E-state index in [1.165, 1.54) is 0 Å². The first kappa shape index (κ1) is 16.5. The number of nitrogens with zero attached hydrogens (tertiary/aromatic N) is 3. The number of amides is 2. The molecule has 0 radical (unpaired) electrons. The summed E-state index contributed by atoms with van der Waals surface area (Å²) in [4.78, 5) is 32.2. The summed E-state index contributed by atoms with van der Waals surface area (Å²) in [5.74, 6) is 1.12. The molecule has 3 heterocycles. The average Bonchev–Trinajstić information content (AvgIpc) is 2.53. The lowest BCUT2D eigenvalue weighted by Gasteiger charge is -2.40. The normalized spacial score (nSPS) is 18.9. The van der Waals surface area contributed by atoms with Gasteiger partial charge < -0.3 is 14.4 Å². The summed E-state index contributed by atoms with van der Waals surface area (Å²) in [6, 6.07) is 3.63. The van der Waals surface area contributed by atoms with Crippen LogP contribution in [0.15, 0.2) is 18.3 Å². The van der Waals surface area contributed by atoms with Crippen molar-refractivity contribution in [1.29, 1.82) is 0 Å². The fourth-order valence-corrected chi connectivity index (χ4v) is 3.01. The number of rotatable bonds is 1. The largest absolute Gasteiger partial charge is 0.480 e. The van der Waals surface area contributed by atoms with Gasteiger partial charge in [0.15, 0.2) is 18.2 Å². The van der Waals surface area contributed by atoms with Crippen LogP contribution in [0.25, 0.3) is 0 Å². The van der Waals surface area contributed by atoms with Crippen LogP contribution in [0.3, 0.4) is 0 Å². The van der Waals surface area contributed by atoms with Gasteiger partial charge >= 0.3 is 6.09 Å². The van der Waals surface area contributed by atoms with E-state index in [0.29, 0.717) is 37.5 Å². The van der Waals surface area contributed by atoms with Crippen molar-refractivity contribution in [3.63, 3.8) is 0 Å². The summed E-state index contributed by atoms with van der Waals surface area (Å²) >= 11 is 0. The molecule has 24 heavy (non-hydrogen) atoms. The Labute approximate surface area is 141 Å². The van der Waals surface area contributed by atoms with E-state index in [0.717, 1.165) is 0 Å². The van der Waals surface area contributed by atoms with Gasteiger partial charge in [-0.05, 0) is 45.7 Å². The van der Waals surface area contributed by atoms with Crippen molar-refractivity contribution in [2.24, 2.45) is 0 Å². The summed E-state index contributed by atoms with van der Waals surface area (Å²) in [6.45, 7) is 6.72. The molecule has 1 saturated heterocycles. The number of likely N-dealkylation sites (tertiary alicyclic amines) is 1. The average molecular weight is 333 g/mol. The van der Waals surface area contributed by atoms with E-state index in [9.17, 15) is 9.59 Å². The minimum atomic E-state index is -0.503. The van der Waals surface area contributed by atoms with Gasteiger partial charge in [0.25, 0.3) is 5.91 Å². The highest BCUT2D eigenvalue weighted by Crippen LogP contribution is 2.33. The van der Waals surface area contributed by atoms with Gasteiger partial charge in [-0.15, -0.1) is 0 Å². The van der Waals surface area contributed by atoms with Crippen molar-refractivity contribution in [2.75, 3.05) is 24.6 Å². The summed E-state index contributed by atoms with van der Waals surface area (Å²) in [7, 11) is 0. The summed E-state index contributed by atoms with van der Waals surface area (Å²) in [6.07, 6.45) is 2.75. The second-order valence-corrected chi connectivity index (χ2v) is 7.08. The lowest BCUT2D eigenvalue weighted by Crippen LogP contribution is -2.52. The van der Waals surface area contributed by atoms with E-state index < -0.39 is 5.60 Å². The van der Waals surface area contributed by atoms with Crippen molar-refractivity contribution in [1.82, 2.24) is 9.88 Å². The van der Waals surface area contributed by atoms with Crippen molar-refractivity contribution in [2.45, 2.75) is 45.3 Å². The Morgan fingerprint density at radius 2 is 2.04 bits per heavy atom. The van der Waals surface area contributed by atoms with Crippen molar-refractivity contribution in [3.05, 3.63) is 18.3 Å². The number of piperidine rings is 1. The third kappa shape index (κ3) is 3.44. The molecule has 0 spiro atoms. The van der Waals surface area contributed by atoms with Crippen LogP contribution in [0.4, 0.5) is 10.6 Å². The minimum absolute atomic E-state index is 0.0220. The van der Waals surface area contributed by atoms with Crippen LogP contribution in [-0.4, -0.2) is 53.2 Å². The Kier molecular flexibility index (Phi) is 4.34. The SMILES string of the molecule is CC(C)(C)OC(=O)N1CCC(N2C(=O)COc3cccnc32)CC1. The van der Waals surface area contributed by atoms with Gasteiger partial charge in [0.2, 0.25) is 0 Å². The molecular formula is C17H23N3O4. The Morgan fingerprint density at radius 3 is 2.71 bits per heavy atom. The highest BCUT2D eigenvalue weighted by atomic mass is 16.6. The minimum Gasteiger partial charge on any atom is -0.480 e. The van der Waals surface area contributed by atoms with Crippen LogP contribution < -0.4 is 9.64 Å². The molecule has 1 aromatic heterocycles. The summed E-state index contributed by atoms with van der Waals surface area (Å²) in [5.41, 5.74) is -0.503. The zero-order valence-corrected chi connectivity index (χ0v) is 14.3.